The number of alkyl halides is 3. The van der Waals surface area contributed by atoms with E-state index in [4.69, 9.17) is 11.6 Å². The van der Waals surface area contributed by atoms with E-state index in [1.54, 1.807) is 0 Å². The minimum Gasteiger partial charge on any atom is -0.415 e. The summed E-state index contributed by atoms with van der Waals surface area (Å²) >= 11 is 5.53. The molecule has 0 radical (unpaired) electrons. The van der Waals surface area contributed by atoms with Crippen LogP contribution in [0.4, 0.5) is 13.2 Å². The highest BCUT2D eigenvalue weighted by atomic mass is 35.5. The predicted molar refractivity (Wildman–Crippen MR) is 46.8 cm³/mol. The van der Waals surface area contributed by atoms with Crippen LogP contribution in [0.25, 0.3) is 0 Å². The number of esters is 1. The van der Waals surface area contributed by atoms with Crippen molar-refractivity contribution in [3.8, 4) is 0 Å². The van der Waals surface area contributed by atoms with Gasteiger partial charge in [0.05, 0.1) is 5.56 Å². The Labute approximate surface area is 92.4 Å². The third-order valence-corrected chi connectivity index (χ3v) is 2.43. The lowest BCUT2D eigenvalue weighted by Gasteiger charge is -2.24. The summed E-state index contributed by atoms with van der Waals surface area (Å²) < 4.78 is 41.6. The number of aliphatic hydroxyl groups is 1. The summed E-state index contributed by atoms with van der Waals surface area (Å²) in [6.45, 7) is 0. The average Bonchev–Trinajstić information content (AvgIpc) is 2.39. The van der Waals surface area contributed by atoms with Crippen molar-refractivity contribution in [2.45, 2.75) is 12.0 Å². The van der Waals surface area contributed by atoms with Crippen molar-refractivity contribution in [1.29, 1.82) is 0 Å². The Hall–Kier alpha value is -1.27. The third-order valence-electron chi connectivity index (χ3n) is 2.19. The number of hydrogen-bond donors (Lipinski definition) is 1. The molecule has 86 valence electrons. The second-order valence-corrected chi connectivity index (χ2v) is 3.66. The molecule has 0 aromatic heterocycles. The predicted octanol–water partition coefficient (Wildman–Crippen LogP) is 2.22. The second-order valence-electron chi connectivity index (χ2n) is 3.22. The number of carbonyl (C=O) groups excluding carboxylic acids is 1. The molecule has 0 spiro atoms. The van der Waals surface area contributed by atoms with Crippen LogP contribution in [0.15, 0.2) is 18.2 Å². The average molecular weight is 253 g/mol. The monoisotopic (exact) mass is 252 g/mol. The zero-order chi connectivity index (χ0) is 12.1. The molecule has 16 heavy (non-hydrogen) atoms. The van der Waals surface area contributed by atoms with E-state index < -0.39 is 23.5 Å². The number of rotatable bonds is 0. The van der Waals surface area contributed by atoms with Crippen LogP contribution in [0.1, 0.15) is 15.9 Å². The highest BCUT2D eigenvalue weighted by molar-refractivity contribution is 6.31. The Kier molecular flexibility index (Phi) is 2.18. The quantitative estimate of drug-likeness (QED) is 0.720. The first kappa shape index (κ1) is 11.2. The van der Waals surface area contributed by atoms with Gasteiger partial charge in [0.15, 0.2) is 0 Å². The van der Waals surface area contributed by atoms with E-state index in [-0.39, 0.29) is 10.6 Å². The van der Waals surface area contributed by atoms with Gasteiger partial charge in [0.25, 0.3) is 0 Å². The molecular formula is C9H4ClF3O3. The normalized spacial score (nSPS) is 24.2. The van der Waals surface area contributed by atoms with E-state index in [0.29, 0.717) is 0 Å². The van der Waals surface area contributed by atoms with Crippen molar-refractivity contribution in [2.75, 3.05) is 0 Å². The molecule has 7 heteroatoms. The molecule has 2 rings (SSSR count). The molecule has 3 nitrogen and oxygen atoms in total. The molecule has 0 saturated heterocycles. The summed E-state index contributed by atoms with van der Waals surface area (Å²) in [6, 6.07) is 3.07. The van der Waals surface area contributed by atoms with Gasteiger partial charge in [0.2, 0.25) is 0 Å². The van der Waals surface area contributed by atoms with E-state index in [1.165, 1.54) is 0 Å². The van der Waals surface area contributed by atoms with Crippen molar-refractivity contribution in [2.24, 2.45) is 0 Å². The van der Waals surface area contributed by atoms with Crippen LogP contribution in [0.3, 0.4) is 0 Å². The van der Waals surface area contributed by atoms with Crippen molar-refractivity contribution < 1.29 is 27.8 Å². The molecule has 1 aromatic rings. The number of cyclic esters (lactones) is 1. The first-order valence-electron chi connectivity index (χ1n) is 4.08. The molecule has 0 fully saturated rings. The van der Waals surface area contributed by atoms with Crippen LogP contribution in [-0.4, -0.2) is 17.3 Å². The van der Waals surface area contributed by atoms with Crippen LogP contribution in [0, 0.1) is 0 Å². The molecular weight excluding hydrogens is 249 g/mol. The zero-order valence-electron chi connectivity index (χ0n) is 7.51. The summed E-state index contributed by atoms with van der Waals surface area (Å²) in [4.78, 5) is 11.1. The van der Waals surface area contributed by atoms with Crippen molar-refractivity contribution in [1.82, 2.24) is 0 Å². The van der Waals surface area contributed by atoms with Gasteiger partial charge in [-0.3, -0.25) is 0 Å². The van der Waals surface area contributed by atoms with Gasteiger partial charge in [-0.25, -0.2) is 4.79 Å². The fourth-order valence-corrected chi connectivity index (χ4v) is 1.61. The Balaban J connectivity index is 2.64. The third kappa shape index (κ3) is 1.37. The molecule has 0 bridgehead atoms. The second kappa shape index (κ2) is 3.11. The number of halogens is 4. The van der Waals surface area contributed by atoms with Crippen LogP contribution in [-0.2, 0) is 10.5 Å². The molecule has 0 aliphatic carbocycles. The smallest absolute Gasteiger partial charge is 0.415 e. The van der Waals surface area contributed by atoms with Crippen LogP contribution >= 0.6 is 11.6 Å². The van der Waals surface area contributed by atoms with E-state index in [1.807, 2.05) is 0 Å². The van der Waals surface area contributed by atoms with Gasteiger partial charge in [-0.2, -0.15) is 13.2 Å². The van der Waals surface area contributed by atoms with Gasteiger partial charge in [-0.05, 0) is 18.2 Å². The number of carbonyl (C=O) groups is 1. The maximum Gasteiger partial charge on any atom is 0.460 e. The number of fused-ring (bicyclic) bond motifs is 1. The molecule has 0 unspecified atom stereocenters. The van der Waals surface area contributed by atoms with Crippen molar-refractivity contribution in [3.63, 3.8) is 0 Å². The summed E-state index contributed by atoms with van der Waals surface area (Å²) in [5, 5.41) is 9.42. The Morgan fingerprint density at radius 1 is 1.38 bits per heavy atom. The zero-order valence-corrected chi connectivity index (χ0v) is 8.26. The first-order valence-corrected chi connectivity index (χ1v) is 4.46. The fraction of sp³-hybridized carbons (Fsp3) is 0.222. The van der Waals surface area contributed by atoms with Gasteiger partial charge in [-0.15, -0.1) is 0 Å². The van der Waals surface area contributed by atoms with E-state index in [2.05, 4.69) is 4.74 Å². The van der Waals surface area contributed by atoms with Gasteiger partial charge >= 0.3 is 17.9 Å². The van der Waals surface area contributed by atoms with Crippen molar-refractivity contribution in [3.05, 3.63) is 34.3 Å². The van der Waals surface area contributed by atoms with E-state index in [0.717, 1.165) is 18.2 Å². The molecule has 1 atom stereocenters. The van der Waals surface area contributed by atoms with Crippen LogP contribution in [0.2, 0.25) is 5.02 Å². The highest BCUT2D eigenvalue weighted by Gasteiger charge is 2.63. The first-order chi connectivity index (χ1) is 7.25. The van der Waals surface area contributed by atoms with E-state index >= 15 is 0 Å². The Morgan fingerprint density at radius 3 is 2.56 bits per heavy atom. The minimum atomic E-state index is -5.10. The molecule has 1 heterocycles. The van der Waals surface area contributed by atoms with Crippen LogP contribution in [0.5, 0.6) is 0 Å². The van der Waals surface area contributed by atoms with Gasteiger partial charge in [0, 0.05) is 10.6 Å². The summed E-state index contributed by atoms with van der Waals surface area (Å²) in [6.07, 6.45) is -5.10. The summed E-state index contributed by atoms with van der Waals surface area (Å²) in [7, 11) is 0. The lowest BCUT2D eigenvalue weighted by molar-refractivity contribution is -0.349. The molecule has 0 saturated carbocycles. The summed E-state index contributed by atoms with van der Waals surface area (Å²) in [5.74, 6) is -4.83. The molecule has 0 amide bonds. The van der Waals surface area contributed by atoms with Crippen molar-refractivity contribution >= 4 is 17.6 Å². The Morgan fingerprint density at radius 2 is 2.00 bits per heavy atom. The fourth-order valence-electron chi connectivity index (χ4n) is 1.44. The largest absolute Gasteiger partial charge is 0.460 e. The molecule has 1 aliphatic rings. The summed E-state index contributed by atoms with van der Waals surface area (Å²) in [5.41, 5.74) is -1.03. The van der Waals surface area contributed by atoms with Crippen LogP contribution < -0.4 is 0 Å². The number of hydrogen-bond acceptors (Lipinski definition) is 3. The Bertz CT molecular complexity index is 472. The molecule has 1 aliphatic heterocycles. The van der Waals surface area contributed by atoms with Gasteiger partial charge in [-0.1, -0.05) is 11.6 Å². The molecule has 1 aromatic carbocycles. The maximum absolute atomic E-state index is 12.5. The highest BCUT2D eigenvalue weighted by Crippen LogP contribution is 2.46. The number of benzene rings is 1. The standard InChI is InChI=1S/C9H4ClF3O3/c10-4-1-2-6-5(3-4)7(14)16-8(6,15)9(11,12)13/h1-3,15H/t8-/m1/s1. The lowest BCUT2D eigenvalue weighted by atomic mass is 10.0. The number of ether oxygens (including phenoxy) is 1. The maximum atomic E-state index is 12.5. The van der Waals surface area contributed by atoms with Gasteiger partial charge in [0.1, 0.15) is 0 Å². The lowest BCUT2D eigenvalue weighted by Crippen LogP contribution is -2.42. The minimum absolute atomic E-state index is 0.0853. The topological polar surface area (TPSA) is 46.5 Å². The molecule has 1 N–H and O–H groups in total. The van der Waals surface area contributed by atoms with Gasteiger partial charge < -0.3 is 9.84 Å². The van der Waals surface area contributed by atoms with E-state index in [9.17, 15) is 23.1 Å². The SMILES string of the molecule is O=C1O[C@@](O)(C(F)(F)F)c2ccc(Cl)cc21.